The zero-order chi connectivity index (χ0) is 26.2. The van der Waals surface area contributed by atoms with Crippen LogP contribution < -0.4 is 10.1 Å². The third-order valence-electron chi connectivity index (χ3n) is 6.77. The standard InChI is InChI=1S/C28H27N5O3S/c1-5-33(4)25(34)18-12-10-17(11-13-18)21-15-14-20-23(19-8-6-7-9-22(19)36-24(20)30-21)28(2,3)26(35)31-27-32-29-16-37-27/h6-16,23H,5H2,1-4H3,(H,31,32,35)/t23-/m1/s1. The first-order valence-electron chi connectivity index (χ1n) is 12.0. The van der Waals surface area contributed by atoms with Crippen molar-refractivity contribution in [1.29, 1.82) is 0 Å². The zero-order valence-corrected chi connectivity index (χ0v) is 21.9. The second-order valence-corrected chi connectivity index (χ2v) is 10.3. The lowest BCUT2D eigenvalue weighted by molar-refractivity contribution is -0.124. The van der Waals surface area contributed by atoms with Crippen LogP contribution >= 0.6 is 11.3 Å². The summed E-state index contributed by atoms with van der Waals surface area (Å²) in [4.78, 5) is 32.4. The molecule has 1 N–H and O–H groups in total. The summed E-state index contributed by atoms with van der Waals surface area (Å²) < 4.78 is 6.23. The number of pyridine rings is 1. The van der Waals surface area contributed by atoms with Crippen molar-refractivity contribution >= 4 is 28.3 Å². The Morgan fingerprint density at radius 3 is 2.51 bits per heavy atom. The van der Waals surface area contributed by atoms with Gasteiger partial charge in [0.1, 0.15) is 11.3 Å². The highest BCUT2D eigenvalue weighted by Crippen LogP contribution is 2.52. The maximum absolute atomic E-state index is 13.4. The van der Waals surface area contributed by atoms with Crippen LogP contribution in [0.3, 0.4) is 0 Å². The molecule has 0 radical (unpaired) electrons. The number of carbonyl (C=O) groups excluding carboxylic acids is 2. The minimum absolute atomic E-state index is 0.0238. The molecule has 3 heterocycles. The van der Waals surface area contributed by atoms with Crippen molar-refractivity contribution in [3.05, 3.63) is 82.9 Å². The predicted octanol–water partition coefficient (Wildman–Crippen LogP) is 5.59. The van der Waals surface area contributed by atoms with Gasteiger partial charge in [0.25, 0.3) is 5.91 Å². The summed E-state index contributed by atoms with van der Waals surface area (Å²) in [5, 5.41) is 11.1. The van der Waals surface area contributed by atoms with Gasteiger partial charge in [0.05, 0.1) is 11.1 Å². The second-order valence-electron chi connectivity index (χ2n) is 9.48. The van der Waals surface area contributed by atoms with Crippen LogP contribution in [0.25, 0.3) is 11.3 Å². The number of benzene rings is 2. The first kappa shape index (κ1) is 24.6. The number of amides is 2. The summed E-state index contributed by atoms with van der Waals surface area (Å²) in [6.07, 6.45) is 0. The Morgan fingerprint density at radius 2 is 1.81 bits per heavy atom. The van der Waals surface area contributed by atoms with E-state index in [4.69, 9.17) is 9.72 Å². The molecule has 1 aliphatic heterocycles. The maximum atomic E-state index is 13.4. The van der Waals surface area contributed by atoms with Gasteiger partial charge in [-0.15, -0.1) is 10.2 Å². The Labute approximate surface area is 219 Å². The Morgan fingerprint density at radius 1 is 1.05 bits per heavy atom. The molecule has 0 bridgehead atoms. The molecule has 2 aromatic heterocycles. The van der Waals surface area contributed by atoms with E-state index in [1.54, 1.807) is 17.5 Å². The van der Waals surface area contributed by atoms with Crippen LogP contribution in [0.15, 0.2) is 66.2 Å². The summed E-state index contributed by atoms with van der Waals surface area (Å²) >= 11 is 1.28. The van der Waals surface area contributed by atoms with Crippen molar-refractivity contribution < 1.29 is 14.3 Å². The lowest BCUT2D eigenvalue weighted by Gasteiger charge is -2.37. The van der Waals surface area contributed by atoms with Crippen LogP contribution in [-0.4, -0.2) is 45.5 Å². The number of ether oxygens (including phenoxy) is 1. The van der Waals surface area contributed by atoms with Gasteiger partial charge in [0, 0.05) is 41.8 Å². The van der Waals surface area contributed by atoms with Crippen LogP contribution in [0.1, 0.15) is 48.2 Å². The lowest BCUT2D eigenvalue weighted by atomic mass is 9.69. The van der Waals surface area contributed by atoms with Crippen LogP contribution in [0.2, 0.25) is 0 Å². The molecule has 4 aromatic rings. The first-order chi connectivity index (χ1) is 17.8. The molecule has 1 aliphatic rings. The van der Waals surface area contributed by atoms with Gasteiger partial charge in [-0.1, -0.05) is 61.6 Å². The number of rotatable bonds is 6. The predicted molar refractivity (Wildman–Crippen MR) is 143 cm³/mol. The molecule has 188 valence electrons. The van der Waals surface area contributed by atoms with E-state index in [2.05, 4.69) is 15.5 Å². The molecule has 0 unspecified atom stereocenters. The molecule has 0 saturated carbocycles. The number of nitrogens with zero attached hydrogens (tertiary/aromatic N) is 4. The van der Waals surface area contributed by atoms with Crippen LogP contribution in [0.5, 0.6) is 11.6 Å². The van der Waals surface area contributed by atoms with E-state index in [1.165, 1.54) is 11.3 Å². The quantitative estimate of drug-likeness (QED) is 0.361. The van der Waals surface area contributed by atoms with Gasteiger partial charge in [0.15, 0.2) is 0 Å². The fourth-order valence-electron chi connectivity index (χ4n) is 4.54. The molecule has 2 amide bonds. The molecule has 8 nitrogen and oxygen atoms in total. The molecule has 1 atom stereocenters. The van der Waals surface area contributed by atoms with Crippen molar-refractivity contribution in [3.63, 3.8) is 0 Å². The van der Waals surface area contributed by atoms with Crippen LogP contribution in [-0.2, 0) is 4.79 Å². The fourth-order valence-corrected chi connectivity index (χ4v) is 4.98. The van der Waals surface area contributed by atoms with Gasteiger partial charge in [0.2, 0.25) is 16.9 Å². The summed E-state index contributed by atoms with van der Waals surface area (Å²) in [5.74, 6) is 0.642. The molecule has 2 aromatic carbocycles. The van der Waals surface area contributed by atoms with E-state index < -0.39 is 5.41 Å². The highest BCUT2D eigenvalue weighted by molar-refractivity contribution is 7.13. The number of hydrogen-bond donors (Lipinski definition) is 1. The number of carbonyl (C=O) groups is 2. The number of hydrogen-bond acceptors (Lipinski definition) is 7. The highest BCUT2D eigenvalue weighted by atomic mass is 32.1. The van der Waals surface area contributed by atoms with Crippen molar-refractivity contribution in [2.45, 2.75) is 26.7 Å². The smallest absolute Gasteiger partial charge is 0.253 e. The molecule has 0 saturated heterocycles. The zero-order valence-electron chi connectivity index (χ0n) is 21.1. The Bertz CT molecular complexity index is 1450. The van der Waals surface area contributed by atoms with Gasteiger partial charge in [-0.25, -0.2) is 4.98 Å². The summed E-state index contributed by atoms with van der Waals surface area (Å²) in [7, 11) is 1.78. The van der Waals surface area contributed by atoms with Crippen molar-refractivity contribution in [3.8, 4) is 22.9 Å². The molecule has 9 heteroatoms. The van der Waals surface area contributed by atoms with Gasteiger partial charge < -0.3 is 15.0 Å². The second kappa shape index (κ2) is 9.74. The molecule has 5 rings (SSSR count). The number of nitrogens with one attached hydrogen (secondary N) is 1. The van der Waals surface area contributed by atoms with E-state index in [1.807, 2.05) is 81.4 Å². The summed E-state index contributed by atoms with van der Waals surface area (Å²) in [6.45, 7) is 6.41. The Balaban J connectivity index is 1.51. The maximum Gasteiger partial charge on any atom is 0.253 e. The van der Waals surface area contributed by atoms with Gasteiger partial charge in [-0.3, -0.25) is 9.59 Å². The van der Waals surface area contributed by atoms with Crippen LogP contribution in [0, 0.1) is 5.41 Å². The molecule has 0 fully saturated rings. The normalized spacial score (nSPS) is 14.2. The summed E-state index contributed by atoms with van der Waals surface area (Å²) in [5.41, 5.74) is 4.69. The molecule has 0 aliphatic carbocycles. The lowest BCUT2D eigenvalue weighted by Crippen LogP contribution is -2.38. The molecule has 37 heavy (non-hydrogen) atoms. The largest absolute Gasteiger partial charge is 0.438 e. The molecular weight excluding hydrogens is 486 g/mol. The molecule has 0 spiro atoms. The fraction of sp³-hybridized carbons (Fsp3) is 0.250. The number of para-hydroxylation sites is 1. The number of anilines is 1. The van der Waals surface area contributed by atoms with Crippen molar-refractivity contribution in [1.82, 2.24) is 20.1 Å². The van der Waals surface area contributed by atoms with E-state index in [9.17, 15) is 9.59 Å². The topological polar surface area (TPSA) is 97.3 Å². The third-order valence-corrected chi connectivity index (χ3v) is 7.38. The van der Waals surface area contributed by atoms with Crippen molar-refractivity contribution in [2.24, 2.45) is 5.41 Å². The molecular formula is C28H27N5O3S. The number of aromatic nitrogens is 3. The third kappa shape index (κ3) is 4.58. The monoisotopic (exact) mass is 513 g/mol. The minimum Gasteiger partial charge on any atom is -0.438 e. The van der Waals surface area contributed by atoms with E-state index >= 15 is 0 Å². The Hall–Kier alpha value is -4.11. The van der Waals surface area contributed by atoms with Crippen molar-refractivity contribution in [2.75, 3.05) is 18.9 Å². The number of fused-ring (bicyclic) bond motifs is 2. The first-order valence-corrected chi connectivity index (χ1v) is 12.9. The Kier molecular flexibility index (Phi) is 6.47. The van der Waals surface area contributed by atoms with Gasteiger partial charge in [-0.2, -0.15) is 0 Å². The average molecular weight is 514 g/mol. The SMILES string of the molecule is CCN(C)C(=O)c1ccc(-c2ccc3c(n2)Oc2ccccc2[C@H]3C(C)(C)C(=O)Nc2nncs2)cc1. The summed E-state index contributed by atoms with van der Waals surface area (Å²) in [6, 6.07) is 19.0. The average Bonchev–Trinajstić information content (AvgIpc) is 3.43. The van der Waals surface area contributed by atoms with E-state index in [-0.39, 0.29) is 17.7 Å². The van der Waals surface area contributed by atoms with Gasteiger partial charge >= 0.3 is 0 Å². The van der Waals surface area contributed by atoms with Crippen LogP contribution in [0.4, 0.5) is 5.13 Å². The van der Waals surface area contributed by atoms with E-state index in [0.29, 0.717) is 28.9 Å². The minimum atomic E-state index is -0.850. The highest BCUT2D eigenvalue weighted by Gasteiger charge is 2.44. The van der Waals surface area contributed by atoms with E-state index in [0.717, 1.165) is 22.4 Å². The van der Waals surface area contributed by atoms with Gasteiger partial charge in [-0.05, 0) is 31.2 Å².